The summed E-state index contributed by atoms with van der Waals surface area (Å²) in [7, 11) is 0. The van der Waals surface area contributed by atoms with Crippen LogP contribution in [0.2, 0.25) is 5.02 Å². The molecule has 0 radical (unpaired) electrons. The molecule has 0 bridgehead atoms. The highest BCUT2D eigenvalue weighted by molar-refractivity contribution is 6.30. The lowest BCUT2D eigenvalue weighted by Crippen LogP contribution is -2.58. The second-order valence-corrected chi connectivity index (χ2v) is 12.5. The number of halogens is 1. The number of nitrogens with zero attached hydrogens (tertiary/aromatic N) is 4. The molecule has 1 aromatic heterocycles. The highest BCUT2D eigenvalue weighted by Crippen LogP contribution is 2.48. The number of rotatable bonds is 7. The molecule has 3 aromatic rings. The lowest BCUT2D eigenvalue weighted by atomic mass is 9.62. The number of β-amino-alcohol motifs (C(OH)–C–C–N with tert-alkyl or cyclic N) is 1. The van der Waals surface area contributed by atoms with E-state index in [-0.39, 0.29) is 17.6 Å². The van der Waals surface area contributed by atoms with Crippen molar-refractivity contribution in [1.29, 1.82) is 5.26 Å². The maximum atomic E-state index is 10.2. The normalized spacial score (nSPS) is 25.8. The Morgan fingerprint density at radius 3 is 2.81 bits per heavy atom. The molecule has 220 valence electrons. The Morgan fingerprint density at radius 1 is 1.19 bits per heavy atom. The number of aliphatic hydroxyl groups excluding tert-OH is 1. The molecule has 0 aliphatic carbocycles. The molecule has 7 nitrogen and oxygen atoms in total. The molecule has 2 aromatic carbocycles. The molecule has 4 atom stereocenters. The zero-order chi connectivity index (χ0) is 29.3. The first-order chi connectivity index (χ1) is 20.4. The van der Waals surface area contributed by atoms with E-state index in [2.05, 4.69) is 46.3 Å². The van der Waals surface area contributed by atoms with Crippen LogP contribution in [-0.4, -0.2) is 66.5 Å². The van der Waals surface area contributed by atoms with Crippen molar-refractivity contribution in [3.63, 3.8) is 0 Å². The number of benzene rings is 2. The minimum atomic E-state index is -0.277. The van der Waals surface area contributed by atoms with Crippen LogP contribution in [0.3, 0.4) is 0 Å². The summed E-state index contributed by atoms with van der Waals surface area (Å²) in [5.74, 6) is 1.23. The van der Waals surface area contributed by atoms with E-state index in [1.165, 1.54) is 5.56 Å². The van der Waals surface area contributed by atoms with Gasteiger partial charge in [-0.15, -0.1) is 0 Å². The van der Waals surface area contributed by atoms with Crippen LogP contribution in [0.5, 0.6) is 5.75 Å². The van der Waals surface area contributed by atoms with E-state index >= 15 is 0 Å². The molecule has 6 rings (SSSR count). The molecule has 2 N–H and O–H groups in total. The second kappa shape index (κ2) is 12.2. The fourth-order valence-corrected chi connectivity index (χ4v) is 7.73. The summed E-state index contributed by atoms with van der Waals surface area (Å²) in [6.07, 6.45) is 2.50. The van der Waals surface area contributed by atoms with Gasteiger partial charge in [0.25, 0.3) is 0 Å². The Balaban J connectivity index is 1.38. The van der Waals surface area contributed by atoms with Gasteiger partial charge in [-0.1, -0.05) is 43.1 Å². The summed E-state index contributed by atoms with van der Waals surface area (Å²) in [5.41, 5.74) is 5.99. The van der Waals surface area contributed by atoms with E-state index in [1.807, 2.05) is 37.3 Å². The Bertz CT molecular complexity index is 1470. The van der Waals surface area contributed by atoms with Gasteiger partial charge in [0.05, 0.1) is 35.3 Å². The smallest absolute Gasteiger partial charge is 0.128 e. The van der Waals surface area contributed by atoms with Crippen molar-refractivity contribution in [3.05, 3.63) is 76.4 Å². The Morgan fingerprint density at radius 2 is 2.05 bits per heavy atom. The average Bonchev–Trinajstić information content (AvgIpc) is 3.41. The van der Waals surface area contributed by atoms with Crippen molar-refractivity contribution >= 4 is 17.3 Å². The predicted octanol–water partition coefficient (Wildman–Crippen LogP) is 5.39. The Kier molecular flexibility index (Phi) is 8.42. The summed E-state index contributed by atoms with van der Waals surface area (Å²) < 4.78 is 5.96. The molecular weight excluding hydrogens is 546 g/mol. The van der Waals surface area contributed by atoms with E-state index < -0.39 is 0 Å². The van der Waals surface area contributed by atoms with Crippen molar-refractivity contribution in [3.8, 4) is 23.1 Å². The number of para-hydroxylation sites is 1. The van der Waals surface area contributed by atoms with Gasteiger partial charge in [0.15, 0.2) is 0 Å². The van der Waals surface area contributed by atoms with Gasteiger partial charge in [0.2, 0.25) is 0 Å². The number of ether oxygens (including phenoxy) is 1. The van der Waals surface area contributed by atoms with Crippen molar-refractivity contribution in [1.82, 2.24) is 15.2 Å². The number of nitrogens with one attached hydrogen (secondary N) is 1. The van der Waals surface area contributed by atoms with Crippen LogP contribution < -0.4 is 15.0 Å². The van der Waals surface area contributed by atoms with Gasteiger partial charge in [0.1, 0.15) is 11.8 Å². The lowest BCUT2D eigenvalue weighted by molar-refractivity contribution is 0.0952. The predicted molar refractivity (Wildman–Crippen MR) is 167 cm³/mol. The molecule has 3 aliphatic heterocycles. The third kappa shape index (κ3) is 5.49. The molecule has 4 heterocycles. The fraction of sp³-hybridized carbons (Fsp3) is 0.471. The van der Waals surface area contributed by atoms with Crippen LogP contribution in [0.25, 0.3) is 11.3 Å². The molecule has 2 saturated heterocycles. The van der Waals surface area contributed by atoms with Gasteiger partial charge in [-0.3, -0.25) is 9.88 Å². The number of nitriles is 1. The van der Waals surface area contributed by atoms with Crippen LogP contribution in [0, 0.1) is 17.2 Å². The molecule has 0 saturated carbocycles. The molecule has 8 heteroatoms. The first kappa shape index (κ1) is 28.9. The summed E-state index contributed by atoms with van der Waals surface area (Å²) in [5, 5.41) is 24.2. The number of fused-ring (bicyclic) bond motifs is 2. The molecule has 3 aliphatic rings. The standard InChI is InChI=1S/C34H40ClN5O2/c1-3-24-19-40(32-12-9-25(35)15-23(32)17-36)14-13-34(24)22-39(20-26-16-27(41)18-37-26)21-31-29(34)10-11-30(38-31)28-7-5-6-8-33(28)42-4-2/h5-12,15,24,26-27,37,41H,3-4,13-14,16,18-22H2,1-2H3/t24-,26-,27+,34+/m1/s1. The van der Waals surface area contributed by atoms with Gasteiger partial charge in [0, 0.05) is 61.3 Å². The first-order valence-corrected chi connectivity index (χ1v) is 15.6. The molecule has 1 spiro atoms. The minimum Gasteiger partial charge on any atom is -0.493 e. The van der Waals surface area contributed by atoms with Crippen molar-refractivity contribution in [2.45, 2.75) is 57.2 Å². The van der Waals surface area contributed by atoms with Crippen molar-refractivity contribution in [2.75, 3.05) is 44.2 Å². The SMILES string of the molecule is CCOc1ccccc1-c1ccc2c(n1)CN(C[C@H]1C[C@H](O)CN1)C[C@]21CCN(c2ccc(Cl)cc2C#N)C[C@H]1CC. The maximum Gasteiger partial charge on any atom is 0.128 e. The first-order valence-electron chi connectivity index (χ1n) is 15.2. The van der Waals surface area contributed by atoms with E-state index in [0.29, 0.717) is 29.7 Å². The quantitative estimate of drug-likeness (QED) is 0.385. The lowest BCUT2D eigenvalue weighted by Gasteiger charge is -2.53. The number of hydrogen-bond acceptors (Lipinski definition) is 7. The summed E-state index contributed by atoms with van der Waals surface area (Å²) in [6, 6.07) is 20.9. The average molecular weight is 586 g/mol. The summed E-state index contributed by atoms with van der Waals surface area (Å²) >= 11 is 6.23. The Hall–Kier alpha value is -3.15. The highest BCUT2D eigenvalue weighted by Gasteiger charge is 2.49. The third-order valence-electron chi connectivity index (χ3n) is 9.49. The van der Waals surface area contributed by atoms with E-state index in [9.17, 15) is 10.4 Å². The van der Waals surface area contributed by atoms with E-state index in [1.54, 1.807) is 6.07 Å². The van der Waals surface area contributed by atoms with Crippen LogP contribution >= 0.6 is 11.6 Å². The van der Waals surface area contributed by atoms with Gasteiger partial charge in [-0.25, -0.2) is 0 Å². The van der Waals surface area contributed by atoms with E-state index in [0.717, 1.165) is 80.4 Å². The fourth-order valence-electron chi connectivity index (χ4n) is 7.56. The van der Waals surface area contributed by atoms with Crippen molar-refractivity contribution in [2.24, 2.45) is 5.92 Å². The maximum absolute atomic E-state index is 10.2. The van der Waals surface area contributed by atoms with Crippen molar-refractivity contribution < 1.29 is 9.84 Å². The molecule has 42 heavy (non-hydrogen) atoms. The number of anilines is 1. The zero-order valence-electron chi connectivity index (χ0n) is 24.5. The van der Waals surface area contributed by atoms with Gasteiger partial charge >= 0.3 is 0 Å². The highest BCUT2D eigenvalue weighted by atomic mass is 35.5. The topological polar surface area (TPSA) is 84.7 Å². The monoisotopic (exact) mass is 585 g/mol. The minimum absolute atomic E-state index is 0.0553. The number of hydrogen-bond donors (Lipinski definition) is 2. The number of piperidine rings is 1. The molecule has 0 amide bonds. The third-order valence-corrected chi connectivity index (χ3v) is 9.73. The summed E-state index contributed by atoms with van der Waals surface area (Å²) in [4.78, 5) is 10.3. The van der Waals surface area contributed by atoms with Crippen LogP contribution in [0.4, 0.5) is 5.69 Å². The number of aromatic nitrogens is 1. The van der Waals surface area contributed by atoms with Crippen LogP contribution in [0.1, 0.15) is 49.9 Å². The van der Waals surface area contributed by atoms with Gasteiger partial charge in [-0.05, 0) is 67.6 Å². The van der Waals surface area contributed by atoms with Crippen LogP contribution in [0.15, 0.2) is 54.6 Å². The Labute approximate surface area is 254 Å². The van der Waals surface area contributed by atoms with E-state index in [4.69, 9.17) is 21.3 Å². The molecule has 0 unspecified atom stereocenters. The summed E-state index contributed by atoms with van der Waals surface area (Å²) in [6.45, 7) is 9.92. The molecule has 2 fully saturated rings. The van der Waals surface area contributed by atoms with Gasteiger partial charge < -0.3 is 20.1 Å². The largest absolute Gasteiger partial charge is 0.493 e. The molecular formula is C34H40ClN5O2. The van der Waals surface area contributed by atoms with Gasteiger partial charge in [-0.2, -0.15) is 5.26 Å². The van der Waals surface area contributed by atoms with Crippen LogP contribution in [-0.2, 0) is 12.0 Å². The zero-order valence-corrected chi connectivity index (χ0v) is 25.3. The second-order valence-electron chi connectivity index (χ2n) is 12.0. The number of aliphatic hydroxyl groups is 1. The number of pyridine rings is 1.